The van der Waals surface area contributed by atoms with Gasteiger partial charge in [-0.25, -0.2) is 4.98 Å². The van der Waals surface area contributed by atoms with Crippen molar-refractivity contribution in [2.75, 3.05) is 7.11 Å². The molecule has 1 fully saturated rings. The molecule has 1 aliphatic rings. The van der Waals surface area contributed by atoms with Gasteiger partial charge in [0, 0.05) is 11.6 Å². The maximum atomic E-state index is 11.5. The van der Waals surface area contributed by atoms with Crippen LogP contribution in [0.3, 0.4) is 0 Å². The topological polar surface area (TPSA) is 59.4 Å². The lowest BCUT2D eigenvalue weighted by atomic mass is 9.87. The summed E-state index contributed by atoms with van der Waals surface area (Å²) in [5.74, 6) is -0.156. The zero-order chi connectivity index (χ0) is 12.5. The standard InChI is InChI=1S/C12H17NO3S/c1-12(15,11-13-5-6-17-11)9-4-3-8(7-9)10(14)16-2/h5-6,8-9,15H,3-4,7H2,1-2H3/t8?,9-,12+/m0/s1. The van der Waals surface area contributed by atoms with E-state index in [0.29, 0.717) is 6.42 Å². The van der Waals surface area contributed by atoms with E-state index >= 15 is 0 Å². The SMILES string of the molecule is COC(=O)C1CC[C@H]([C@@](C)(O)c2nccs2)C1. The van der Waals surface area contributed by atoms with Crippen molar-refractivity contribution in [1.82, 2.24) is 4.98 Å². The van der Waals surface area contributed by atoms with Crippen LogP contribution in [0.5, 0.6) is 0 Å². The van der Waals surface area contributed by atoms with E-state index in [4.69, 9.17) is 4.74 Å². The fourth-order valence-electron chi connectivity index (χ4n) is 2.52. The summed E-state index contributed by atoms with van der Waals surface area (Å²) in [6.07, 6.45) is 4.01. The summed E-state index contributed by atoms with van der Waals surface area (Å²) in [6.45, 7) is 1.79. The van der Waals surface area contributed by atoms with Gasteiger partial charge in [0.25, 0.3) is 0 Å². The van der Waals surface area contributed by atoms with Crippen molar-refractivity contribution in [1.29, 1.82) is 0 Å². The van der Waals surface area contributed by atoms with E-state index in [1.807, 2.05) is 5.38 Å². The monoisotopic (exact) mass is 255 g/mol. The molecule has 0 radical (unpaired) electrons. The van der Waals surface area contributed by atoms with E-state index < -0.39 is 5.60 Å². The third-order valence-electron chi connectivity index (χ3n) is 3.63. The summed E-state index contributed by atoms with van der Waals surface area (Å²) in [5, 5.41) is 13.1. The summed E-state index contributed by atoms with van der Waals surface area (Å²) < 4.78 is 4.75. The van der Waals surface area contributed by atoms with Crippen LogP contribution in [0.4, 0.5) is 0 Å². The van der Waals surface area contributed by atoms with Gasteiger partial charge in [-0.15, -0.1) is 11.3 Å². The van der Waals surface area contributed by atoms with Crippen LogP contribution in [0, 0.1) is 11.8 Å². The summed E-state index contributed by atoms with van der Waals surface area (Å²) in [5.41, 5.74) is -0.934. The van der Waals surface area contributed by atoms with E-state index in [-0.39, 0.29) is 17.8 Å². The molecule has 0 aliphatic heterocycles. The van der Waals surface area contributed by atoms with Crippen LogP contribution in [-0.2, 0) is 15.1 Å². The minimum atomic E-state index is -0.934. The number of carbonyl (C=O) groups excluding carboxylic acids is 1. The molecular weight excluding hydrogens is 238 g/mol. The van der Waals surface area contributed by atoms with Crippen molar-refractivity contribution >= 4 is 17.3 Å². The Bertz CT molecular complexity index is 388. The first-order chi connectivity index (χ1) is 8.05. The van der Waals surface area contributed by atoms with Gasteiger partial charge in [-0.05, 0) is 32.1 Å². The quantitative estimate of drug-likeness (QED) is 0.839. The van der Waals surface area contributed by atoms with E-state index in [2.05, 4.69) is 4.98 Å². The Balaban J connectivity index is 2.08. The van der Waals surface area contributed by atoms with Crippen LogP contribution in [0.1, 0.15) is 31.2 Å². The number of ether oxygens (including phenoxy) is 1. The number of methoxy groups -OCH3 is 1. The third kappa shape index (κ3) is 2.35. The molecule has 1 aliphatic carbocycles. The van der Waals surface area contributed by atoms with Gasteiger partial charge < -0.3 is 9.84 Å². The first-order valence-electron chi connectivity index (χ1n) is 5.76. The maximum absolute atomic E-state index is 11.5. The van der Waals surface area contributed by atoms with Crippen LogP contribution in [0.15, 0.2) is 11.6 Å². The Morgan fingerprint density at radius 2 is 2.41 bits per heavy atom. The second-order valence-corrected chi connectivity index (χ2v) is 5.61. The number of aromatic nitrogens is 1. The number of carbonyl (C=O) groups is 1. The number of hydrogen-bond acceptors (Lipinski definition) is 5. The van der Waals surface area contributed by atoms with Crippen LogP contribution < -0.4 is 0 Å². The molecule has 0 saturated heterocycles. The second kappa shape index (κ2) is 4.74. The van der Waals surface area contributed by atoms with E-state index in [1.54, 1.807) is 13.1 Å². The van der Waals surface area contributed by atoms with Crippen LogP contribution in [0.2, 0.25) is 0 Å². The predicted molar refractivity (Wildman–Crippen MR) is 64.5 cm³/mol. The molecule has 2 rings (SSSR count). The van der Waals surface area contributed by atoms with Crippen molar-refractivity contribution in [2.24, 2.45) is 11.8 Å². The molecule has 4 nitrogen and oxygen atoms in total. The molecule has 3 atom stereocenters. The van der Waals surface area contributed by atoms with Gasteiger partial charge in [0.1, 0.15) is 10.6 Å². The number of nitrogens with zero attached hydrogens (tertiary/aromatic N) is 1. The largest absolute Gasteiger partial charge is 0.469 e. The summed E-state index contributed by atoms with van der Waals surface area (Å²) in [4.78, 5) is 15.6. The molecule has 1 aromatic rings. The highest BCUT2D eigenvalue weighted by molar-refractivity contribution is 7.09. The molecule has 1 unspecified atom stereocenters. The van der Waals surface area contributed by atoms with Crippen molar-refractivity contribution in [3.63, 3.8) is 0 Å². The third-order valence-corrected chi connectivity index (χ3v) is 4.63. The molecule has 5 heteroatoms. The lowest BCUT2D eigenvalue weighted by molar-refractivity contribution is -0.145. The highest BCUT2D eigenvalue weighted by Gasteiger charge is 2.42. The average Bonchev–Trinajstić information content (AvgIpc) is 2.98. The number of aliphatic hydroxyl groups is 1. The zero-order valence-electron chi connectivity index (χ0n) is 10.0. The molecule has 17 heavy (non-hydrogen) atoms. The average molecular weight is 255 g/mol. The minimum Gasteiger partial charge on any atom is -0.469 e. The summed E-state index contributed by atoms with van der Waals surface area (Å²) >= 11 is 1.45. The van der Waals surface area contributed by atoms with Crippen LogP contribution in [0.25, 0.3) is 0 Å². The Labute approximate surface area is 105 Å². The van der Waals surface area contributed by atoms with Gasteiger partial charge in [0.05, 0.1) is 13.0 Å². The van der Waals surface area contributed by atoms with Gasteiger partial charge in [-0.1, -0.05) is 0 Å². The zero-order valence-corrected chi connectivity index (χ0v) is 10.9. The lowest BCUT2D eigenvalue weighted by Gasteiger charge is -2.27. The highest BCUT2D eigenvalue weighted by Crippen LogP contribution is 2.43. The highest BCUT2D eigenvalue weighted by atomic mass is 32.1. The van der Waals surface area contributed by atoms with Crippen molar-refractivity contribution in [2.45, 2.75) is 31.8 Å². The maximum Gasteiger partial charge on any atom is 0.308 e. The van der Waals surface area contributed by atoms with E-state index in [0.717, 1.165) is 17.8 Å². The van der Waals surface area contributed by atoms with Gasteiger partial charge >= 0.3 is 5.97 Å². The molecule has 1 aromatic heterocycles. The Hall–Kier alpha value is -0.940. The fraction of sp³-hybridized carbons (Fsp3) is 0.667. The molecule has 94 valence electrons. The molecule has 1 N–H and O–H groups in total. The Kier molecular flexibility index (Phi) is 3.49. The van der Waals surface area contributed by atoms with Gasteiger partial charge in [-0.2, -0.15) is 0 Å². The molecule has 0 amide bonds. The number of rotatable bonds is 3. The normalized spacial score (nSPS) is 27.7. The summed E-state index contributed by atoms with van der Waals surface area (Å²) in [6, 6.07) is 0. The first-order valence-corrected chi connectivity index (χ1v) is 6.64. The number of thiazole rings is 1. The minimum absolute atomic E-state index is 0.0727. The van der Waals surface area contributed by atoms with E-state index in [9.17, 15) is 9.90 Å². The summed E-state index contributed by atoms with van der Waals surface area (Å²) in [7, 11) is 1.41. The molecule has 0 aromatic carbocycles. The van der Waals surface area contributed by atoms with Crippen molar-refractivity contribution < 1.29 is 14.6 Å². The number of esters is 1. The smallest absolute Gasteiger partial charge is 0.308 e. The molecular formula is C12H17NO3S. The van der Waals surface area contributed by atoms with Crippen LogP contribution >= 0.6 is 11.3 Å². The predicted octanol–water partition coefficient (Wildman–Crippen LogP) is 1.94. The van der Waals surface area contributed by atoms with Crippen molar-refractivity contribution in [3.05, 3.63) is 16.6 Å². The number of hydrogen-bond donors (Lipinski definition) is 1. The first kappa shape index (κ1) is 12.5. The van der Waals surface area contributed by atoms with Crippen molar-refractivity contribution in [3.8, 4) is 0 Å². The molecule has 0 spiro atoms. The van der Waals surface area contributed by atoms with Gasteiger partial charge in [0.15, 0.2) is 0 Å². The van der Waals surface area contributed by atoms with E-state index in [1.165, 1.54) is 18.4 Å². The Morgan fingerprint density at radius 3 is 3.00 bits per heavy atom. The van der Waals surface area contributed by atoms with Crippen LogP contribution in [-0.4, -0.2) is 23.2 Å². The Morgan fingerprint density at radius 1 is 1.65 bits per heavy atom. The molecule has 1 saturated carbocycles. The van der Waals surface area contributed by atoms with Gasteiger partial charge in [0.2, 0.25) is 0 Å². The van der Waals surface area contributed by atoms with Gasteiger partial charge in [-0.3, -0.25) is 4.79 Å². The molecule has 1 heterocycles. The molecule has 0 bridgehead atoms. The second-order valence-electron chi connectivity index (χ2n) is 4.71. The lowest BCUT2D eigenvalue weighted by Crippen LogP contribution is -2.30. The fourth-order valence-corrected chi connectivity index (χ4v) is 3.30.